The molecule has 0 bridgehead atoms. The number of benzene rings is 1. The zero-order valence-corrected chi connectivity index (χ0v) is 7.23. The molecule has 0 aliphatic heterocycles. The second-order valence-corrected chi connectivity index (χ2v) is 2.81. The summed E-state index contributed by atoms with van der Waals surface area (Å²) in [6.07, 6.45) is 1.98. The highest BCUT2D eigenvalue weighted by Crippen LogP contribution is 2.08. The van der Waals surface area contributed by atoms with Crippen molar-refractivity contribution in [3.63, 3.8) is 0 Å². The lowest BCUT2D eigenvalue weighted by molar-refractivity contribution is 1.06. The summed E-state index contributed by atoms with van der Waals surface area (Å²) >= 11 is 4.75. The molecule has 1 rings (SSSR count). The smallest absolute Gasteiger partial charge is 0.0205 e. The van der Waals surface area contributed by atoms with E-state index >= 15 is 0 Å². The van der Waals surface area contributed by atoms with Crippen molar-refractivity contribution in [1.82, 2.24) is 0 Å². The van der Waals surface area contributed by atoms with Gasteiger partial charge in [0.25, 0.3) is 0 Å². The van der Waals surface area contributed by atoms with Gasteiger partial charge in [-0.1, -0.05) is 36.5 Å². The fourth-order valence-electron chi connectivity index (χ4n) is 1.02. The quantitative estimate of drug-likeness (QED) is 0.617. The van der Waals surface area contributed by atoms with Crippen LogP contribution in [0.2, 0.25) is 0 Å². The van der Waals surface area contributed by atoms with Crippen LogP contribution in [0.5, 0.6) is 0 Å². The lowest BCUT2D eigenvalue weighted by Gasteiger charge is -2.01. The summed E-state index contributed by atoms with van der Waals surface area (Å²) in [6.45, 7) is 3.93. The van der Waals surface area contributed by atoms with Gasteiger partial charge in [0.2, 0.25) is 0 Å². The fraction of sp³-hybridized carbons (Fsp3) is 0.200. The van der Waals surface area contributed by atoms with Gasteiger partial charge < -0.3 is 0 Å². The van der Waals surface area contributed by atoms with Gasteiger partial charge in [0.1, 0.15) is 0 Å². The first kappa shape index (κ1) is 8.41. The van der Waals surface area contributed by atoms with Gasteiger partial charge in [0.15, 0.2) is 0 Å². The first-order valence-electron chi connectivity index (χ1n) is 3.68. The number of hydrogen-bond donors (Lipinski definition) is 0. The Kier molecular flexibility index (Phi) is 3.24. The highest BCUT2D eigenvalue weighted by atomic mass is 32.1. The third-order valence-electron chi connectivity index (χ3n) is 1.65. The van der Waals surface area contributed by atoms with E-state index in [1.807, 2.05) is 18.2 Å². The van der Waals surface area contributed by atoms with Crippen molar-refractivity contribution in [2.75, 3.05) is 0 Å². The highest BCUT2D eigenvalue weighted by Gasteiger charge is 1.93. The molecule has 0 unspecified atom stereocenters. The van der Waals surface area contributed by atoms with Gasteiger partial charge in [-0.3, -0.25) is 0 Å². The molecule has 1 heteroatoms. The van der Waals surface area contributed by atoms with Gasteiger partial charge in [0.05, 0.1) is 0 Å². The van der Waals surface area contributed by atoms with Gasteiger partial charge in [-0.2, -0.15) is 0 Å². The maximum atomic E-state index is 4.75. The average Bonchev–Trinajstić information content (AvgIpc) is 2.03. The van der Waals surface area contributed by atoms with Gasteiger partial charge in [-0.05, 0) is 36.3 Å². The Hall–Kier alpha value is -0.690. The standard InChI is InChI=1S/C10H11S/c1-9-5-2-3-6-10(9)7-4-8-11/h2-3,5-6,8H,1,4,7H2. The first-order chi connectivity index (χ1) is 5.34. The fourth-order valence-corrected chi connectivity index (χ4v) is 1.13. The largest absolute Gasteiger partial charge is 0.0935 e. The van der Waals surface area contributed by atoms with Crippen molar-refractivity contribution < 1.29 is 0 Å². The number of hydrogen-bond acceptors (Lipinski definition) is 1. The maximum Gasteiger partial charge on any atom is -0.0205 e. The van der Waals surface area contributed by atoms with Crippen LogP contribution in [-0.4, -0.2) is 5.37 Å². The van der Waals surface area contributed by atoms with Crippen LogP contribution in [-0.2, 0) is 6.42 Å². The van der Waals surface area contributed by atoms with Crippen molar-refractivity contribution >= 4 is 17.6 Å². The Labute approximate surface area is 73.2 Å². The van der Waals surface area contributed by atoms with Gasteiger partial charge in [-0.15, -0.1) is 0 Å². The van der Waals surface area contributed by atoms with Crippen molar-refractivity contribution in [3.8, 4) is 0 Å². The molecule has 11 heavy (non-hydrogen) atoms. The van der Waals surface area contributed by atoms with Crippen molar-refractivity contribution in [2.45, 2.75) is 12.8 Å². The molecule has 57 valence electrons. The molecule has 0 aliphatic carbocycles. The SMILES string of the molecule is [CH2]c1ccccc1CCC=S. The minimum Gasteiger partial charge on any atom is -0.0935 e. The minimum atomic E-state index is 0.960. The maximum absolute atomic E-state index is 4.75. The Morgan fingerprint density at radius 3 is 2.73 bits per heavy atom. The van der Waals surface area contributed by atoms with Crippen LogP contribution in [0, 0.1) is 6.92 Å². The van der Waals surface area contributed by atoms with E-state index in [-0.39, 0.29) is 0 Å². The summed E-state index contributed by atoms with van der Waals surface area (Å²) in [4.78, 5) is 0. The Morgan fingerprint density at radius 2 is 2.09 bits per heavy atom. The molecule has 1 radical (unpaired) electrons. The molecule has 0 heterocycles. The second-order valence-electron chi connectivity index (χ2n) is 2.47. The number of thiocarbonyl (C=S) groups is 1. The van der Waals surface area contributed by atoms with Crippen LogP contribution in [0.25, 0.3) is 0 Å². The zero-order valence-electron chi connectivity index (χ0n) is 6.42. The predicted octanol–water partition coefficient (Wildman–Crippen LogP) is 2.80. The molecule has 1 aromatic rings. The molecular formula is C10H11S. The highest BCUT2D eigenvalue weighted by molar-refractivity contribution is 7.78. The lowest BCUT2D eigenvalue weighted by atomic mass is 10.1. The molecule has 0 spiro atoms. The molecule has 0 N–H and O–H groups in total. The molecule has 0 nitrogen and oxygen atoms in total. The van der Waals surface area contributed by atoms with Crippen LogP contribution in [0.15, 0.2) is 24.3 Å². The van der Waals surface area contributed by atoms with Crippen LogP contribution >= 0.6 is 12.2 Å². The van der Waals surface area contributed by atoms with Crippen molar-refractivity contribution in [2.24, 2.45) is 0 Å². The number of rotatable bonds is 3. The first-order valence-corrected chi connectivity index (χ1v) is 4.15. The summed E-state index contributed by atoms with van der Waals surface area (Å²) in [5.74, 6) is 0. The van der Waals surface area contributed by atoms with Crippen molar-refractivity contribution in [1.29, 1.82) is 0 Å². The van der Waals surface area contributed by atoms with E-state index in [2.05, 4.69) is 13.0 Å². The molecular weight excluding hydrogens is 152 g/mol. The third kappa shape index (κ3) is 2.43. The van der Waals surface area contributed by atoms with E-state index in [4.69, 9.17) is 12.2 Å². The molecule has 0 aliphatic rings. The number of aryl methyl sites for hydroxylation is 1. The summed E-state index contributed by atoms with van der Waals surface area (Å²) in [5.41, 5.74) is 2.41. The molecule has 0 aromatic heterocycles. The van der Waals surface area contributed by atoms with Crippen LogP contribution < -0.4 is 0 Å². The topological polar surface area (TPSA) is 0 Å². The minimum absolute atomic E-state index is 0.960. The van der Waals surface area contributed by atoms with E-state index in [1.165, 1.54) is 5.56 Å². The summed E-state index contributed by atoms with van der Waals surface area (Å²) < 4.78 is 0. The van der Waals surface area contributed by atoms with E-state index in [0.29, 0.717) is 0 Å². The second kappa shape index (κ2) is 4.24. The molecule has 0 atom stereocenters. The predicted molar refractivity (Wildman–Crippen MR) is 52.9 cm³/mol. The molecule has 0 amide bonds. The van der Waals surface area contributed by atoms with E-state index in [9.17, 15) is 0 Å². The Bertz CT molecular complexity index is 240. The lowest BCUT2D eigenvalue weighted by Crippen LogP contribution is -1.88. The molecule has 0 fully saturated rings. The average molecular weight is 163 g/mol. The summed E-state index contributed by atoms with van der Waals surface area (Å²) in [5, 5.41) is 1.77. The Morgan fingerprint density at radius 1 is 1.36 bits per heavy atom. The zero-order chi connectivity index (χ0) is 8.10. The Balaban J connectivity index is 2.69. The molecule has 0 saturated carbocycles. The van der Waals surface area contributed by atoms with Crippen molar-refractivity contribution in [3.05, 3.63) is 42.3 Å². The van der Waals surface area contributed by atoms with Gasteiger partial charge in [0, 0.05) is 0 Å². The van der Waals surface area contributed by atoms with Crippen LogP contribution in [0.4, 0.5) is 0 Å². The normalized spacial score (nSPS) is 9.55. The summed E-state index contributed by atoms with van der Waals surface area (Å²) in [6, 6.07) is 8.16. The van der Waals surface area contributed by atoms with E-state index in [0.717, 1.165) is 18.4 Å². The van der Waals surface area contributed by atoms with Crippen LogP contribution in [0.3, 0.4) is 0 Å². The summed E-state index contributed by atoms with van der Waals surface area (Å²) in [7, 11) is 0. The molecule has 1 aromatic carbocycles. The van der Waals surface area contributed by atoms with Gasteiger partial charge in [-0.25, -0.2) is 0 Å². The van der Waals surface area contributed by atoms with Crippen LogP contribution in [0.1, 0.15) is 17.5 Å². The van der Waals surface area contributed by atoms with Gasteiger partial charge >= 0.3 is 0 Å². The third-order valence-corrected chi connectivity index (χ3v) is 1.89. The monoisotopic (exact) mass is 163 g/mol. The van der Waals surface area contributed by atoms with E-state index in [1.54, 1.807) is 5.37 Å². The molecule has 0 saturated heterocycles. The van der Waals surface area contributed by atoms with E-state index < -0.39 is 0 Å².